The van der Waals surface area contributed by atoms with E-state index in [1.165, 1.54) is 12.1 Å². The Bertz CT molecular complexity index is 1070. The van der Waals surface area contributed by atoms with Gasteiger partial charge in [0.05, 0.1) is 29.9 Å². The van der Waals surface area contributed by atoms with Gasteiger partial charge in [-0.25, -0.2) is 0 Å². The fraction of sp³-hybridized carbons (Fsp3) is 0.292. The van der Waals surface area contributed by atoms with E-state index in [1.807, 2.05) is 26.1 Å². The van der Waals surface area contributed by atoms with E-state index in [-0.39, 0.29) is 11.1 Å². The molecule has 2 aromatic carbocycles. The zero-order valence-corrected chi connectivity index (χ0v) is 17.6. The van der Waals surface area contributed by atoms with Gasteiger partial charge in [0.1, 0.15) is 5.75 Å². The van der Waals surface area contributed by atoms with E-state index in [0.29, 0.717) is 16.9 Å². The van der Waals surface area contributed by atoms with Crippen molar-refractivity contribution >= 4 is 22.9 Å². The molecule has 0 saturated carbocycles. The molecule has 156 valence electrons. The van der Waals surface area contributed by atoms with Crippen LogP contribution in [0.2, 0.25) is 0 Å². The SMILES string of the molecule is COc1cc2c(cc1/C=C(\C#N)c1ccc(C(F)(F)F)cc1)C(C)=CC(C)(C)N2C. The third-order valence-electron chi connectivity index (χ3n) is 5.51. The number of nitrogens with zero attached hydrogens (tertiary/aromatic N) is 2. The number of nitriles is 1. The number of hydrogen-bond acceptors (Lipinski definition) is 3. The Morgan fingerprint density at radius 2 is 1.80 bits per heavy atom. The molecule has 0 radical (unpaired) electrons. The molecule has 0 aromatic heterocycles. The number of fused-ring (bicyclic) bond motifs is 1. The highest BCUT2D eigenvalue weighted by atomic mass is 19.4. The highest BCUT2D eigenvalue weighted by Crippen LogP contribution is 2.42. The maximum Gasteiger partial charge on any atom is 0.416 e. The molecular weight excluding hydrogens is 389 g/mol. The van der Waals surface area contributed by atoms with E-state index in [0.717, 1.165) is 29.0 Å². The van der Waals surface area contributed by atoms with Gasteiger partial charge in [0.15, 0.2) is 0 Å². The minimum absolute atomic E-state index is 0.155. The fourth-order valence-corrected chi connectivity index (χ4v) is 3.66. The van der Waals surface area contributed by atoms with Crippen molar-refractivity contribution in [2.45, 2.75) is 32.5 Å². The quantitative estimate of drug-likeness (QED) is 0.432. The highest BCUT2D eigenvalue weighted by molar-refractivity contribution is 5.93. The lowest BCUT2D eigenvalue weighted by atomic mass is 9.88. The molecule has 2 aromatic rings. The molecule has 0 unspecified atom stereocenters. The predicted octanol–water partition coefficient (Wildman–Crippen LogP) is 6.41. The zero-order valence-electron chi connectivity index (χ0n) is 17.6. The van der Waals surface area contributed by atoms with Crippen LogP contribution in [-0.4, -0.2) is 19.7 Å². The fourth-order valence-electron chi connectivity index (χ4n) is 3.66. The summed E-state index contributed by atoms with van der Waals surface area (Å²) in [6.45, 7) is 6.28. The van der Waals surface area contributed by atoms with Crippen LogP contribution in [0.1, 0.15) is 43.0 Å². The minimum Gasteiger partial charge on any atom is -0.496 e. The molecule has 0 amide bonds. The Kier molecular flexibility index (Phi) is 5.42. The zero-order chi connectivity index (χ0) is 22.3. The van der Waals surface area contributed by atoms with E-state index >= 15 is 0 Å². The molecule has 0 atom stereocenters. The number of ether oxygens (including phenoxy) is 1. The topological polar surface area (TPSA) is 36.3 Å². The summed E-state index contributed by atoms with van der Waals surface area (Å²) in [7, 11) is 3.57. The van der Waals surface area contributed by atoms with Gasteiger partial charge in [-0.15, -0.1) is 0 Å². The maximum absolute atomic E-state index is 12.8. The number of allylic oxidation sites excluding steroid dienone is 2. The highest BCUT2D eigenvalue weighted by Gasteiger charge is 2.31. The number of likely N-dealkylation sites (N-methyl/N-ethyl adjacent to an activating group) is 1. The van der Waals surface area contributed by atoms with Gasteiger partial charge >= 0.3 is 6.18 Å². The van der Waals surface area contributed by atoms with E-state index in [2.05, 4.69) is 30.9 Å². The van der Waals surface area contributed by atoms with Crippen LogP contribution in [0.3, 0.4) is 0 Å². The van der Waals surface area contributed by atoms with Crippen molar-refractivity contribution in [3.05, 3.63) is 64.7 Å². The lowest BCUT2D eigenvalue weighted by Crippen LogP contribution is -2.42. The monoisotopic (exact) mass is 412 g/mol. The molecule has 30 heavy (non-hydrogen) atoms. The lowest BCUT2D eigenvalue weighted by molar-refractivity contribution is -0.137. The molecule has 3 nitrogen and oxygen atoms in total. The number of anilines is 1. The van der Waals surface area contributed by atoms with Crippen LogP contribution in [0.25, 0.3) is 17.2 Å². The van der Waals surface area contributed by atoms with E-state index in [4.69, 9.17) is 4.74 Å². The molecular formula is C24H23F3N2O. The summed E-state index contributed by atoms with van der Waals surface area (Å²) >= 11 is 0. The van der Waals surface area contributed by atoms with Crippen LogP contribution in [-0.2, 0) is 6.18 Å². The molecule has 3 rings (SSSR count). The summed E-state index contributed by atoms with van der Waals surface area (Å²) in [5.74, 6) is 0.589. The molecule has 6 heteroatoms. The van der Waals surface area contributed by atoms with E-state index < -0.39 is 11.7 Å². The maximum atomic E-state index is 12.8. The molecule has 0 saturated heterocycles. The second kappa shape index (κ2) is 7.56. The van der Waals surface area contributed by atoms with Crippen molar-refractivity contribution in [2.75, 3.05) is 19.1 Å². The number of benzene rings is 2. The Balaban J connectivity index is 2.10. The third kappa shape index (κ3) is 3.93. The molecule has 1 heterocycles. The number of hydrogen-bond donors (Lipinski definition) is 0. The van der Waals surface area contributed by atoms with Gasteiger partial charge < -0.3 is 9.64 Å². The van der Waals surface area contributed by atoms with Crippen molar-refractivity contribution < 1.29 is 17.9 Å². The van der Waals surface area contributed by atoms with Crippen LogP contribution >= 0.6 is 0 Å². The second-order valence-electron chi connectivity index (χ2n) is 7.90. The number of methoxy groups -OCH3 is 1. The van der Waals surface area contributed by atoms with Crippen LogP contribution in [0.5, 0.6) is 5.75 Å². The second-order valence-corrected chi connectivity index (χ2v) is 7.90. The Hall–Kier alpha value is -3.20. The van der Waals surface area contributed by atoms with Crippen LogP contribution in [0, 0.1) is 11.3 Å². The summed E-state index contributed by atoms with van der Waals surface area (Å²) in [4.78, 5) is 2.16. The summed E-state index contributed by atoms with van der Waals surface area (Å²) in [6, 6.07) is 10.6. The first-order chi connectivity index (χ1) is 14.0. The predicted molar refractivity (Wildman–Crippen MR) is 114 cm³/mol. The lowest BCUT2D eigenvalue weighted by Gasteiger charge is -2.41. The van der Waals surface area contributed by atoms with Crippen molar-refractivity contribution in [2.24, 2.45) is 0 Å². The number of alkyl halides is 3. The molecule has 1 aliphatic rings. The molecule has 0 fully saturated rings. The van der Waals surface area contributed by atoms with Gasteiger partial charge in [-0.3, -0.25) is 0 Å². The third-order valence-corrected chi connectivity index (χ3v) is 5.51. The van der Waals surface area contributed by atoms with Gasteiger partial charge in [0.2, 0.25) is 0 Å². The van der Waals surface area contributed by atoms with Crippen molar-refractivity contribution in [1.29, 1.82) is 5.26 Å². The average molecular weight is 412 g/mol. The molecule has 0 spiro atoms. The van der Waals surface area contributed by atoms with Gasteiger partial charge in [0, 0.05) is 29.9 Å². The van der Waals surface area contributed by atoms with Crippen LogP contribution in [0.15, 0.2) is 42.5 Å². The summed E-state index contributed by atoms with van der Waals surface area (Å²) < 4.78 is 44.0. The molecule has 0 aliphatic carbocycles. The number of rotatable bonds is 3. The van der Waals surface area contributed by atoms with E-state index in [1.54, 1.807) is 13.2 Å². The first-order valence-electron chi connectivity index (χ1n) is 9.43. The van der Waals surface area contributed by atoms with Crippen LogP contribution in [0.4, 0.5) is 18.9 Å². The smallest absolute Gasteiger partial charge is 0.416 e. The van der Waals surface area contributed by atoms with Crippen molar-refractivity contribution in [1.82, 2.24) is 0 Å². The number of halogens is 3. The van der Waals surface area contributed by atoms with Gasteiger partial charge in [-0.05, 0) is 56.2 Å². The largest absolute Gasteiger partial charge is 0.496 e. The minimum atomic E-state index is -4.42. The standard InChI is InChI=1S/C24H23F3N2O/c1-15-13-23(2,3)29(4)21-12-22(30-5)17(11-20(15)21)10-18(14-28)16-6-8-19(9-7-16)24(25,26)27/h6-13H,1-5H3/b18-10+. The Labute approximate surface area is 174 Å². The van der Waals surface area contributed by atoms with Gasteiger partial charge in [0.25, 0.3) is 0 Å². The Morgan fingerprint density at radius 3 is 2.33 bits per heavy atom. The molecule has 0 bridgehead atoms. The van der Waals surface area contributed by atoms with Crippen molar-refractivity contribution in [3.8, 4) is 11.8 Å². The normalized spacial score (nSPS) is 15.9. The first-order valence-corrected chi connectivity index (χ1v) is 9.43. The Morgan fingerprint density at radius 1 is 1.17 bits per heavy atom. The van der Waals surface area contributed by atoms with Crippen LogP contribution < -0.4 is 9.64 Å². The summed E-state index contributed by atoms with van der Waals surface area (Å²) in [6.07, 6.45) is -0.592. The average Bonchev–Trinajstić information content (AvgIpc) is 2.69. The van der Waals surface area contributed by atoms with E-state index in [9.17, 15) is 18.4 Å². The summed E-state index contributed by atoms with van der Waals surface area (Å²) in [5, 5.41) is 9.63. The first kappa shape index (κ1) is 21.5. The molecule has 1 aliphatic heterocycles. The van der Waals surface area contributed by atoms with Gasteiger partial charge in [-0.2, -0.15) is 18.4 Å². The summed E-state index contributed by atoms with van der Waals surface area (Å²) in [5.41, 5.74) is 3.60. The van der Waals surface area contributed by atoms with Crippen molar-refractivity contribution in [3.63, 3.8) is 0 Å². The molecule has 0 N–H and O–H groups in total. The van der Waals surface area contributed by atoms with Gasteiger partial charge in [-0.1, -0.05) is 18.2 Å².